The van der Waals surface area contributed by atoms with Gasteiger partial charge in [0.25, 0.3) is 0 Å². The predicted octanol–water partition coefficient (Wildman–Crippen LogP) is 3.00. The summed E-state index contributed by atoms with van der Waals surface area (Å²) in [6.45, 7) is 8.19. The topological polar surface area (TPSA) is 34.1 Å². The molecule has 14 heavy (non-hydrogen) atoms. The van der Waals surface area contributed by atoms with Crippen molar-refractivity contribution in [3.05, 3.63) is 0 Å². The molecular weight excluding hydrogens is 176 g/mol. The largest absolute Gasteiger partial charge is 0.295 e. The molecule has 0 aliphatic heterocycles. The van der Waals surface area contributed by atoms with Crippen molar-refractivity contribution < 1.29 is 9.59 Å². The summed E-state index contributed by atoms with van der Waals surface area (Å²) >= 11 is 0. The summed E-state index contributed by atoms with van der Waals surface area (Å²) in [7, 11) is 0. The predicted molar refractivity (Wildman–Crippen MR) is 58.2 cm³/mol. The fourth-order valence-corrected chi connectivity index (χ4v) is 2.56. The van der Waals surface area contributed by atoms with Crippen LogP contribution in [0.15, 0.2) is 0 Å². The van der Waals surface area contributed by atoms with E-state index in [0.29, 0.717) is 12.2 Å². The molecule has 0 aromatic heterocycles. The first kappa shape index (κ1) is 13.3. The highest BCUT2D eigenvalue weighted by Gasteiger charge is 2.39. The van der Waals surface area contributed by atoms with Crippen molar-refractivity contribution in [2.45, 2.75) is 53.4 Å². The Balaban J connectivity index is 5.02. The smallest absolute Gasteiger partial charge is 0.201 e. The third kappa shape index (κ3) is 2.23. The minimum atomic E-state index is -0.398. The van der Waals surface area contributed by atoms with Gasteiger partial charge < -0.3 is 0 Å². The van der Waals surface area contributed by atoms with Gasteiger partial charge in [-0.2, -0.15) is 0 Å². The average molecular weight is 198 g/mol. The number of carbonyl (C=O) groups excluding carboxylic acids is 2. The summed E-state index contributed by atoms with van der Waals surface area (Å²) in [5, 5.41) is 0. The highest BCUT2D eigenvalue weighted by Crippen LogP contribution is 2.39. The standard InChI is InChI=1S/C12H22O2/c1-5-10(6-2)12(7-3,8-4)11(14)9-13/h9-10H,5-8H2,1-4H3. The molecule has 0 unspecified atom stereocenters. The molecule has 0 fully saturated rings. The molecule has 0 heterocycles. The number of ketones is 1. The Bertz CT molecular complexity index is 188. The Morgan fingerprint density at radius 1 is 1.14 bits per heavy atom. The number of carbonyl (C=O) groups is 2. The highest BCUT2D eigenvalue weighted by molar-refractivity contribution is 6.27. The minimum Gasteiger partial charge on any atom is -0.295 e. The maximum Gasteiger partial charge on any atom is 0.201 e. The van der Waals surface area contributed by atoms with E-state index >= 15 is 0 Å². The zero-order valence-electron chi connectivity index (χ0n) is 9.80. The van der Waals surface area contributed by atoms with Crippen molar-refractivity contribution in [3.8, 4) is 0 Å². The fourth-order valence-electron chi connectivity index (χ4n) is 2.56. The molecule has 0 bridgehead atoms. The molecule has 0 rings (SSSR count). The van der Waals surface area contributed by atoms with Crippen LogP contribution in [-0.4, -0.2) is 12.1 Å². The molecule has 82 valence electrons. The molecular formula is C12H22O2. The monoisotopic (exact) mass is 198 g/mol. The van der Waals surface area contributed by atoms with Crippen LogP contribution < -0.4 is 0 Å². The van der Waals surface area contributed by atoms with E-state index in [9.17, 15) is 9.59 Å². The van der Waals surface area contributed by atoms with Crippen molar-refractivity contribution >= 4 is 12.1 Å². The van der Waals surface area contributed by atoms with Crippen LogP contribution in [0, 0.1) is 11.3 Å². The zero-order chi connectivity index (χ0) is 11.2. The van der Waals surface area contributed by atoms with Crippen LogP contribution in [0.5, 0.6) is 0 Å². The van der Waals surface area contributed by atoms with Crippen LogP contribution in [0.3, 0.4) is 0 Å². The Labute approximate surface area is 87.1 Å². The van der Waals surface area contributed by atoms with E-state index in [4.69, 9.17) is 0 Å². The Hall–Kier alpha value is -0.660. The summed E-state index contributed by atoms with van der Waals surface area (Å²) in [5.41, 5.74) is -0.398. The van der Waals surface area contributed by atoms with E-state index in [1.807, 2.05) is 13.8 Å². The van der Waals surface area contributed by atoms with E-state index in [1.54, 1.807) is 0 Å². The Morgan fingerprint density at radius 3 is 1.79 bits per heavy atom. The van der Waals surface area contributed by atoms with E-state index in [-0.39, 0.29) is 5.78 Å². The van der Waals surface area contributed by atoms with Crippen LogP contribution >= 0.6 is 0 Å². The molecule has 0 amide bonds. The SMILES string of the molecule is CCC(CC)C(CC)(CC)C(=O)C=O. The number of hydrogen-bond donors (Lipinski definition) is 0. The minimum absolute atomic E-state index is 0.212. The lowest BCUT2D eigenvalue weighted by Crippen LogP contribution is -2.38. The molecule has 0 aromatic carbocycles. The van der Waals surface area contributed by atoms with E-state index in [2.05, 4.69) is 13.8 Å². The molecule has 0 aliphatic carbocycles. The quantitative estimate of drug-likeness (QED) is 0.465. The van der Waals surface area contributed by atoms with Crippen molar-refractivity contribution in [3.63, 3.8) is 0 Å². The molecule has 0 N–H and O–H groups in total. The summed E-state index contributed by atoms with van der Waals surface area (Å²) in [4.78, 5) is 22.3. The molecule has 0 saturated heterocycles. The first-order chi connectivity index (χ1) is 6.62. The van der Waals surface area contributed by atoms with Crippen LogP contribution in [0.25, 0.3) is 0 Å². The third-order valence-corrected chi connectivity index (χ3v) is 3.63. The number of aldehydes is 1. The van der Waals surface area contributed by atoms with Gasteiger partial charge in [0, 0.05) is 5.41 Å². The van der Waals surface area contributed by atoms with Gasteiger partial charge in [-0.3, -0.25) is 9.59 Å². The van der Waals surface area contributed by atoms with Crippen LogP contribution in [0.1, 0.15) is 53.4 Å². The number of hydrogen-bond acceptors (Lipinski definition) is 2. The first-order valence-electron chi connectivity index (χ1n) is 5.62. The van der Waals surface area contributed by atoms with Gasteiger partial charge in [-0.25, -0.2) is 0 Å². The Kier molecular flexibility index (Phi) is 5.66. The van der Waals surface area contributed by atoms with Gasteiger partial charge >= 0.3 is 0 Å². The van der Waals surface area contributed by atoms with Gasteiger partial charge in [0.05, 0.1) is 0 Å². The van der Waals surface area contributed by atoms with Crippen molar-refractivity contribution in [2.24, 2.45) is 11.3 Å². The average Bonchev–Trinajstić information content (AvgIpc) is 2.25. The van der Waals surface area contributed by atoms with Crippen LogP contribution in [-0.2, 0) is 9.59 Å². The normalized spacial score (nSPS) is 11.8. The van der Waals surface area contributed by atoms with Crippen molar-refractivity contribution in [1.82, 2.24) is 0 Å². The van der Waals surface area contributed by atoms with E-state index < -0.39 is 5.41 Å². The Morgan fingerprint density at radius 2 is 1.57 bits per heavy atom. The number of rotatable bonds is 7. The lowest BCUT2D eigenvalue weighted by molar-refractivity contribution is -0.140. The molecule has 0 aromatic rings. The second kappa shape index (κ2) is 5.94. The maximum absolute atomic E-state index is 11.7. The van der Waals surface area contributed by atoms with Gasteiger partial charge in [-0.05, 0) is 18.8 Å². The summed E-state index contributed by atoms with van der Waals surface area (Å²) in [5.74, 6) is 0.131. The lowest BCUT2D eigenvalue weighted by atomic mass is 9.66. The molecule has 2 nitrogen and oxygen atoms in total. The molecule has 0 atom stereocenters. The molecule has 0 saturated carbocycles. The van der Waals surface area contributed by atoms with Gasteiger partial charge in [0.1, 0.15) is 0 Å². The maximum atomic E-state index is 11.7. The van der Waals surface area contributed by atoms with Crippen molar-refractivity contribution in [2.75, 3.05) is 0 Å². The molecule has 0 spiro atoms. The summed E-state index contributed by atoms with van der Waals surface area (Å²) in [6.07, 6.45) is 3.99. The first-order valence-corrected chi connectivity index (χ1v) is 5.62. The lowest BCUT2D eigenvalue weighted by Gasteiger charge is -2.35. The molecule has 2 heteroatoms. The van der Waals surface area contributed by atoms with Gasteiger partial charge in [-0.1, -0.05) is 40.5 Å². The van der Waals surface area contributed by atoms with E-state index in [1.165, 1.54) is 0 Å². The second-order valence-electron chi connectivity index (χ2n) is 3.86. The highest BCUT2D eigenvalue weighted by atomic mass is 16.2. The van der Waals surface area contributed by atoms with Crippen molar-refractivity contribution in [1.29, 1.82) is 0 Å². The summed E-state index contributed by atoms with van der Waals surface area (Å²) in [6, 6.07) is 0. The van der Waals surface area contributed by atoms with Gasteiger partial charge in [-0.15, -0.1) is 0 Å². The van der Waals surface area contributed by atoms with Crippen LogP contribution in [0.2, 0.25) is 0 Å². The number of Topliss-reactive ketones (excluding diaryl/α,β-unsaturated/α-hetero) is 1. The second-order valence-corrected chi connectivity index (χ2v) is 3.86. The summed E-state index contributed by atoms with van der Waals surface area (Å²) < 4.78 is 0. The third-order valence-electron chi connectivity index (χ3n) is 3.63. The van der Waals surface area contributed by atoms with Gasteiger partial charge in [0.15, 0.2) is 6.29 Å². The zero-order valence-corrected chi connectivity index (χ0v) is 9.80. The molecule has 0 radical (unpaired) electrons. The van der Waals surface area contributed by atoms with Gasteiger partial charge in [0.2, 0.25) is 5.78 Å². The van der Waals surface area contributed by atoms with Crippen LogP contribution in [0.4, 0.5) is 0 Å². The van der Waals surface area contributed by atoms with E-state index in [0.717, 1.165) is 25.7 Å². The molecule has 0 aliphatic rings. The fraction of sp³-hybridized carbons (Fsp3) is 0.833.